The van der Waals surface area contributed by atoms with Crippen LogP contribution in [0.4, 0.5) is 4.39 Å². The lowest BCUT2D eigenvalue weighted by Crippen LogP contribution is -2.06. The Morgan fingerprint density at radius 3 is 2.61 bits per heavy atom. The van der Waals surface area contributed by atoms with Gasteiger partial charge in [-0.2, -0.15) is 5.10 Å². The van der Waals surface area contributed by atoms with Crippen LogP contribution in [0.5, 0.6) is 5.75 Å². The van der Waals surface area contributed by atoms with E-state index in [4.69, 9.17) is 4.74 Å². The largest absolute Gasteiger partial charge is 0.497 e. The predicted molar refractivity (Wildman–Crippen MR) is 71.5 cm³/mol. The van der Waals surface area contributed by atoms with E-state index in [1.54, 1.807) is 16.8 Å². The zero-order valence-corrected chi connectivity index (χ0v) is 12.1. The number of ether oxygens (including phenoxy) is 1. The van der Waals surface area contributed by atoms with Gasteiger partial charge in [-0.05, 0) is 35.8 Å². The van der Waals surface area contributed by atoms with Crippen LogP contribution in [0, 0.1) is 19.7 Å². The summed E-state index contributed by atoms with van der Waals surface area (Å²) in [6.45, 7) is 4.28. The van der Waals surface area contributed by atoms with Crippen molar-refractivity contribution in [2.45, 2.75) is 20.4 Å². The molecule has 0 unspecified atom stereocenters. The van der Waals surface area contributed by atoms with Gasteiger partial charge in [0.15, 0.2) is 0 Å². The Bertz CT molecular complexity index is 581. The molecule has 0 amide bonds. The monoisotopic (exact) mass is 312 g/mol. The SMILES string of the molecule is COc1ccc(Cn2nc(C)c(Br)c2C)c(F)c1. The lowest BCUT2D eigenvalue weighted by molar-refractivity contribution is 0.410. The number of aryl methyl sites for hydroxylation is 1. The van der Waals surface area contributed by atoms with Gasteiger partial charge < -0.3 is 4.74 Å². The molecule has 0 saturated heterocycles. The second kappa shape index (κ2) is 5.10. The van der Waals surface area contributed by atoms with Gasteiger partial charge >= 0.3 is 0 Å². The molecule has 0 bridgehead atoms. The fourth-order valence-corrected chi connectivity index (χ4v) is 2.06. The summed E-state index contributed by atoms with van der Waals surface area (Å²) in [6.07, 6.45) is 0. The zero-order chi connectivity index (χ0) is 13.3. The van der Waals surface area contributed by atoms with E-state index in [2.05, 4.69) is 21.0 Å². The molecule has 0 atom stereocenters. The van der Waals surface area contributed by atoms with Crippen molar-refractivity contribution in [3.63, 3.8) is 0 Å². The minimum Gasteiger partial charge on any atom is -0.497 e. The Labute approximate surface area is 114 Å². The maximum Gasteiger partial charge on any atom is 0.131 e. The lowest BCUT2D eigenvalue weighted by atomic mass is 10.2. The first-order valence-electron chi connectivity index (χ1n) is 5.55. The van der Waals surface area contributed by atoms with E-state index in [1.165, 1.54) is 13.2 Å². The van der Waals surface area contributed by atoms with Crippen LogP contribution in [0.2, 0.25) is 0 Å². The summed E-state index contributed by atoms with van der Waals surface area (Å²) in [6, 6.07) is 4.85. The number of nitrogens with zero attached hydrogens (tertiary/aromatic N) is 2. The number of aromatic nitrogens is 2. The third kappa shape index (κ3) is 2.41. The van der Waals surface area contributed by atoms with E-state index < -0.39 is 0 Å². The van der Waals surface area contributed by atoms with E-state index in [9.17, 15) is 4.39 Å². The van der Waals surface area contributed by atoms with Crippen LogP contribution in [0.1, 0.15) is 17.0 Å². The minimum atomic E-state index is -0.280. The Morgan fingerprint density at radius 1 is 1.39 bits per heavy atom. The van der Waals surface area contributed by atoms with Crippen molar-refractivity contribution in [3.05, 3.63) is 45.4 Å². The molecule has 3 nitrogen and oxygen atoms in total. The van der Waals surface area contributed by atoms with E-state index in [0.29, 0.717) is 17.9 Å². The molecule has 2 aromatic rings. The summed E-state index contributed by atoms with van der Waals surface area (Å²) in [7, 11) is 1.52. The molecule has 1 aromatic carbocycles. The fraction of sp³-hybridized carbons (Fsp3) is 0.308. The highest BCUT2D eigenvalue weighted by molar-refractivity contribution is 9.10. The van der Waals surface area contributed by atoms with Crippen LogP contribution >= 0.6 is 15.9 Å². The van der Waals surface area contributed by atoms with Crippen molar-refractivity contribution in [2.24, 2.45) is 0 Å². The molecule has 0 aliphatic heterocycles. The Kier molecular flexibility index (Phi) is 3.71. The van der Waals surface area contributed by atoms with Crippen LogP contribution in [-0.4, -0.2) is 16.9 Å². The first-order chi connectivity index (χ1) is 8.52. The van der Waals surface area contributed by atoms with E-state index in [1.807, 2.05) is 13.8 Å². The molecule has 1 aromatic heterocycles. The number of rotatable bonds is 3. The summed E-state index contributed by atoms with van der Waals surface area (Å²) in [5.74, 6) is 0.240. The van der Waals surface area contributed by atoms with Gasteiger partial charge in [0.2, 0.25) is 0 Å². The van der Waals surface area contributed by atoms with Gasteiger partial charge in [-0.3, -0.25) is 4.68 Å². The summed E-state index contributed by atoms with van der Waals surface area (Å²) < 4.78 is 21.6. The van der Waals surface area contributed by atoms with Gasteiger partial charge in [0.05, 0.1) is 29.5 Å². The molecule has 0 spiro atoms. The van der Waals surface area contributed by atoms with Gasteiger partial charge in [0.1, 0.15) is 11.6 Å². The molecular weight excluding hydrogens is 299 g/mol. The van der Waals surface area contributed by atoms with E-state index in [0.717, 1.165) is 15.9 Å². The molecule has 0 radical (unpaired) electrons. The number of benzene rings is 1. The number of halogens is 2. The summed E-state index contributed by atoms with van der Waals surface area (Å²) in [5, 5.41) is 4.36. The van der Waals surface area contributed by atoms with Gasteiger partial charge in [0, 0.05) is 11.6 Å². The molecule has 96 valence electrons. The van der Waals surface area contributed by atoms with Crippen molar-refractivity contribution < 1.29 is 9.13 Å². The Hall–Kier alpha value is -1.36. The molecular formula is C13H14BrFN2O. The molecule has 5 heteroatoms. The normalized spacial score (nSPS) is 10.7. The van der Waals surface area contributed by atoms with Crippen molar-refractivity contribution in [1.82, 2.24) is 9.78 Å². The number of hydrogen-bond acceptors (Lipinski definition) is 2. The standard InChI is InChI=1S/C13H14BrFN2O/c1-8-13(14)9(2)17(16-8)7-10-4-5-11(18-3)6-12(10)15/h4-6H,7H2,1-3H3. The van der Waals surface area contributed by atoms with Gasteiger partial charge in [0.25, 0.3) is 0 Å². The first kappa shape index (κ1) is 13.1. The third-order valence-corrected chi connectivity index (χ3v) is 4.02. The first-order valence-corrected chi connectivity index (χ1v) is 6.34. The predicted octanol–water partition coefficient (Wildman–Crippen LogP) is 3.46. The molecule has 0 aliphatic rings. The van der Waals surface area contributed by atoms with Crippen LogP contribution in [0.25, 0.3) is 0 Å². The van der Waals surface area contributed by atoms with Crippen LogP contribution < -0.4 is 4.74 Å². The van der Waals surface area contributed by atoms with Crippen molar-refractivity contribution in [3.8, 4) is 5.75 Å². The van der Waals surface area contributed by atoms with Crippen molar-refractivity contribution in [2.75, 3.05) is 7.11 Å². The van der Waals surface area contributed by atoms with Gasteiger partial charge in [-0.15, -0.1) is 0 Å². The topological polar surface area (TPSA) is 27.1 Å². The van der Waals surface area contributed by atoms with E-state index >= 15 is 0 Å². The van der Waals surface area contributed by atoms with E-state index in [-0.39, 0.29) is 5.82 Å². The second-order valence-corrected chi connectivity index (χ2v) is 4.89. The summed E-state index contributed by atoms with van der Waals surface area (Å²) >= 11 is 3.46. The Morgan fingerprint density at radius 2 is 2.11 bits per heavy atom. The minimum absolute atomic E-state index is 0.280. The molecule has 1 heterocycles. The average Bonchev–Trinajstić information content (AvgIpc) is 2.59. The van der Waals surface area contributed by atoms with Crippen LogP contribution in [-0.2, 0) is 6.54 Å². The second-order valence-electron chi connectivity index (χ2n) is 4.10. The molecule has 0 N–H and O–H groups in total. The molecule has 2 rings (SSSR count). The van der Waals surface area contributed by atoms with Crippen molar-refractivity contribution in [1.29, 1.82) is 0 Å². The quantitative estimate of drug-likeness (QED) is 0.868. The molecule has 0 saturated carbocycles. The lowest BCUT2D eigenvalue weighted by Gasteiger charge is -2.07. The van der Waals surface area contributed by atoms with Gasteiger partial charge in [-0.1, -0.05) is 6.07 Å². The third-order valence-electron chi connectivity index (χ3n) is 2.87. The smallest absolute Gasteiger partial charge is 0.131 e. The maximum atomic E-state index is 13.8. The highest BCUT2D eigenvalue weighted by atomic mass is 79.9. The summed E-state index contributed by atoms with van der Waals surface area (Å²) in [4.78, 5) is 0. The highest BCUT2D eigenvalue weighted by Gasteiger charge is 2.11. The fourth-order valence-electron chi connectivity index (χ4n) is 1.77. The Balaban J connectivity index is 2.31. The molecule has 0 aliphatic carbocycles. The molecule has 0 fully saturated rings. The van der Waals surface area contributed by atoms with Crippen LogP contribution in [0.3, 0.4) is 0 Å². The number of hydrogen-bond donors (Lipinski definition) is 0. The van der Waals surface area contributed by atoms with Crippen LogP contribution in [0.15, 0.2) is 22.7 Å². The number of methoxy groups -OCH3 is 1. The zero-order valence-electron chi connectivity index (χ0n) is 10.5. The molecule has 18 heavy (non-hydrogen) atoms. The van der Waals surface area contributed by atoms with Gasteiger partial charge in [-0.25, -0.2) is 4.39 Å². The van der Waals surface area contributed by atoms with Crippen molar-refractivity contribution >= 4 is 15.9 Å². The highest BCUT2D eigenvalue weighted by Crippen LogP contribution is 2.22. The summed E-state index contributed by atoms with van der Waals surface area (Å²) in [5.41, 5.74) is 2.48. The average molecular weight is 313 g/mol. The maximum absolute atomic E-state index is 13.8.